The molecule has 0 bridgehead atoms. The molecule has 0 aromatic rings. The molecule has 0 fully saturated rings. The molecule has 0 unspecified atom stereocenters. The Morgan fingerprint density at radius 1 is 0.909 bits per heavy atom. The van der Waals surface area contributed by atoms with E-state index in [9.17, 15) is 0 Å². The Bertz CT molecular complexity index is 296. The monoisotopic (exact) mass is 278 g/mol. The molecular formula is HKMn2O8. The van der Waals surface area contributed by atoms with E-state index in [0.717, 1.165) is 0 Å². The standard InChI is InChI=1S/K.2Mn.H2O.7O/h;;;1H2;;;;;;;/q+1;;+1;;;;;;;;-1/p-1. The number of rotatable bonds is 0. The van der Waals surface area contributed by atoms with Crippen LogP contribution in [-0.4, -0.2) is 4.19 Å². The van der Waals surface area contributed by atoms with E-state index in [0.29, 0.717) is 0 Å². The summed E-state index contributed by atoms with van der Waals surface area (Å²) >= 11 is -11.0. The van der Waals surface area contributed by atoms with Gasteiger partial charge in [-0.25, -0.2) is 0 Å². The van der Waals surface area contributed by atoms with Crippen molar-refractivity contribution >= 4 is 0 Å². The summed E-state index contributed by atoms with van der Waals surface area (Å²) in [7, 11) is 0. The van der Waals surface area contributed by atoms with Crippen LogP contribution in [0.2, 0.25) is 0 Å². The van der Waals surface area contributed by atoms with E-state index < -0.39 is 25.9 Å². The molecule has 0 aromatic carbocycles. The van der Waals surface area contributed by atoms with Crippen LogP contribution in [0.25, 0.3) is 0 Å². The van der Waals surface area contributed by atoms with Gasteiger partial charge in [0.25, 0.3) is 0 Å². The van der Waals surface area contributed by atoms with Gasteiger partial charge < -0.3 is 0 Å². The molecule has 0 saturated heterocycles. The van der Waals surface area contributed by atoms with Crippen molar-refractivity contribution in [2.24, 2.45) is 0 Å². The van der Waals surface area contributed by atoms with Gasteiger partial charge in [-0.05, 0) is 0 Å². The summed E-state index contributed by atoms with van der Waals surface area (Å²) in [5.74, 6) is 0. The fraction of sp³-hybridized carbons (Fsp3) is 0. The van der Waals surface area contributed by atoms with Crippen molar-refractivity contribution in [2.75, 3.05) is 0 Å². The second-order valence-electron chi connectivity index (χ2n) is 0.774. The predicted octanol–water partition coefficient (Wildman–Crippen LogP) is -5.46. The molecule has 0 rings (SSSR count). The summed E-state index contributed by atoms with van der Waals surface area (Å²) in [6.07, 6.45) is 0. The van der Waals surface area contributed by atoms with E-state index in [1.165, 1.54) is 0 Å². The summed E-state index contributed by atoms with van der Waals surface area (Å²) in [6, 6.07) is 0. The normalized spacial score (nSPS) is 10.4. The molecule has 0 aromatic heterocycles. The average molecular weight is 278 g/mol. The quantitative estimate of drug-likeness (QED) is 0.432. The van der Waals surface area contributed by atoms with E-state index >= 15 is 0 Å². The number of hydrogen-bond donors (Lipinski definition) is 1. The first-order chi connectivity index (χ1) is 4.00. The Morgan fingerprint density at radius 3 is 0.909 bits per heavy atom. The summed E-state index contributed by atoms with van der Waals surface area (Å²) in [4.78, 5) is 0. The number of hydrogen-bond acceptors (Lipinski definition) is 7. The first-order valence-electron chi connectivity index (χ1n) is 1.25. The summed E-state index contributed by atoms with van der Waals surface area (Å²) in [5, 5.41) is 0. The van der Waals surface area contributed by atoms with E-state index in [-0.39, 0.29) is 51.4 Å². The molecule has 0 radical (unpaired) electrons. The Labute approximate surface area is 107 Å². The van der Waals surface area contributed by atoms with Crippen molar-refractivity contribution in [3.63, 3.8) is 0 Å². The molecule has 0 heterocycles. The molecule has 11 heteroatoms. The molecule has 0 spiro atoms. The van der Waals surface area contributed by atoms with Crippen LogP contribution in [0.5, 0.6) is 0 Å². The molecule has 0 atom stereocenters. The van der Waals surface area contributed by atoms with E-state index in [4.69, 9.17) is 31.4 Å². The third-order valence-corrected chi connectivity index (χ3v) is 0. The minimum absolute atomic E-state index is 0. The first kappa shape index (κ1) is 18.2. The molecule has 64 valence electrons. The fourth-order valence-electron chi connectivity index (χ4n) is 0. The van der Waals surface area contributed by atoms with Crippen molar-refractivity contribution in [1.29, 1.82) is 0 Å². The fourth-order valence-corrected chi connectivity index (χ4v) is 0. The Hall–Kier alpha value is 1.40. The minimum atomic E-state index is -5.62. The Morgan fingerprint density at radius 2 is 0.909 bits per heavy atom. The van der Waals surface area contributed by atoms with Crippen molar-refractivity contribution in [2.45, 2.75) is 0 Å². The van der Waals surface area contributed by atoms with Crippen molar-refractivity contribution < 1.29 is 109 Å². The molecule has 1 N–H and O–H groups in total. The Balaban J connectivity index is -0.000000107. The molecule has 8 nitrogen and oxygen atoms in total. The van der Waals surface area contributed by atoms with Gasteiger partial charge in [-0.2, -0.15) is 0 Å². The maximum atomic E-state index is 8.69. The first-order valence-corrected chi connectivity index (χ1v) is 5.15. The van der Waals surface area contributed by atoms with Crippen LogP contribution in [0, 0.1) is 0 Å². The second-order valence-corrected chi connectivity index (χ2v) is 3.19. The SMILES string of the molecule is [K+].[O]=[Mn](=[O])(=[O])[O-].[O]=[Mn](=[O])(=[O])[OH]. The van der Waals surface area contributed by atoms with Crippen molar-refractivity contribution in [1.82, 2.24) is 0 Å². The van der Waals surface area contributed by atoms with Crippen molar-refractivity contribution in [3.8, 4) is 0 Å². The average Bonchev–Trinajstić information content (AvgIpc) is 1.12. The van der Waals surface area contributed by atoms with Crippen molar-refractivity contribution in [3.05, 3.63) is 0 Å². The van der Waals surface area contributed by atoms with Gasteiger partial charge in [0.05, 0.1) is 0 Å². The van der Waals surface area contributed by atoms with E-state index in [2.05, 4.69) is 0 Å². The zero-order valence-corrected chi connectivity index (χ0v) is 10.5. The Kier molecular flexibility index (Phi) is 11.4. The van der Waals surface area contributed by atoms with Crippen LogP contribution in [-0.2, 0) is 48.9 Å². The molecular weight excluding hydrogens is 277 g/mol. The van der Waals surface area contributed by atoms with Gasteiger partial charge in [0.1, 0.15) is 0 Å². The van der Waals surface area contributed by atoms with Gasteiger partial charge >= 0.3 is 109 Å². The predicted molar refractivity (Wildman–Crippen MR) is 6.34 cm³/mol. The molecule has 11 heavy (non-hydrogen) atoms. The maximum absolute atomic E-state index is 8.69. The summed E-state index contributed by atoms with van der Waals surface area (Å²) in [5.41, 5.74) is 0. The van der Waals surface area contributed by atoms with Crippen LogP contribution in [0.1, 0.15) is 0 Å². The summed E-state index contributed by atoms with van der Waals surface area (Å²) in [6.45, 7) is 0. The van der Waals surface area contributed by atoms with Crippen LogP contribution in [0.15, 0.2) is 0 Å². The van der Waals surface area contributed by atoms with Crippen LogP contribution in [0.3, 0.4) is 0 Å². The van der Waals surface area contributed by atoms with E-state index in [1.807, 2.05) is 0 Å². The third-order valence-electron chi connectivity index (χ3n) is 0. The van der Waals surface area contributed by atoms with Crippen LogP contribution >= 0.6 is 0 Å². The zero-order chi connectivity index (χ0) is 9.00. The van der Waals surface area contributed by atoms with Gasteiger partial charge in [0.2, 0.25) is 0 Å². The second kappa shape index (κ2) is 6.86. The molecule has 0 amide bonds. The van der Waals surface area contributed by atoms with Gasteiger partial charge in [-0.3, -0.25) is 0 Å². The molecule has 0 aliphatic carbocycles. The van der Waals surface area contributed by atoms with Gasteiger partial charge in [-0.1, -0.05) is 0 Å². The molecule has 0 aliphatic rings. The summed E-state index contributed by atoms with van der Waals surface area (Å²) < 4.78 is 67.4. The zero-order valence-electron chi connectivity index (χ0n) is 5.06. The van der Waals surface area contributed by atoms with Gasteiger partial charge in [0, 0.05) is 0 Å². The van der Waals surface area contributed by atoms with Gasteiger partial charge in [-0.15, -0.1) is 0 Å². The molecule has 0 aliphatic heterocycles. The third kappa shape index (κ3) is 517. The van der Waals surface area contributed by atoms with Crippen LogP contribution < -0.4 is 55.6 Å². The topological polar surface area (TPSA) is 146 Å². The van der Waals surface area contributed by atoms with Crippen LogP contribution in [0.4, 0.5) is 0 Å². The van der Waals surface area contributed by atoms with E-state index in [1.54, 1.807) is 0 Å². The molecule has 0 saturated carbocycles. The van der Waals surface area contributed by atoms with Gasteiger partial charge in [0.15, 0.2) is 0 Å².